The first-order chi connectivity index (χ1) is 20.8. The standard InChI is InChI=1S/C32H35ClFN7O2/c1-21(34)31(42)41-17-16-40(18-23(41)11-13-35)30-25-12-15-39(28-10-4-7-22-6-3-9-26(33)29(22)28)19-27(25)36-32(37-30)43-20-24-8-5-14-38(24)2/h3-4,6-7,9-10,23-24H,1,5,8,11-12,14-20H2,2H3. The molecule has 6 rings (SSSR count). The van der Waals surface area contributed by atoms with Crippen LogP contribution < -0.4 is 14.5 Å². The predicted molar refractivity (Wildman–Crippen MR) is 165 cm³/mol. The maximum atomic E-state index is 13.8. The highest BCUT2D eigenvalue weighted by Crippen LogP contribution is 2.37. The number of nitriles is 1. The van der Waals surface area contributed by atoms with Crippen LogP contribution in [0.4, 0.5) is 15.9 Å². The molecular weight excluding hydrogens is 569 g/mol. The molecule has 11 heteroatoms. The Hall–Kier alpha value is -3.94. The Morgan fingerprint density at radius 3 is 2.70 bits per heavy atom. The summed E-state index contributed by atoms with van der Waals surface area (Å²) >= 11 is 6.68. The van der Waals surface area contributed by atoms with Crippen molar-refractivity contribution in [2.75, 3.05) is 56.2 Å². The van der Waals surface area contributed by atoms with Crippen molar-refractivity contribution in [3.05, 3.63) is 65.1 Å². The first-order valence-corrected chi connectivity index (χ1v) is 15.1. The smallest absolute Gasteiger partial charge is 0.318 e. The molecule has 43 heavy (non-hydrogen) atoms. The van der Waals surface area contributed by atoms with Crippen molar-refractivity contribution in [2.45, 2.75) is 44.3 Å². The Balaban J connectivity index is 1.34. The highest BCUT2D eigenvalue weighted by molar-refractivity contribution is 6.36. The van der Waals surface area contributed by atoms with Gasteiger partial charge in [0.2, 0.25) is 0 Å². The molecule has 2 unspecified atom stereocenters. The fourth-order valence-electron chi connectivity index (χ4n) is 6.57. The topological polar surface area (TPSA) is 88.8 Å². The molecule has 0 aliphatic carbocycles. The zero-order chi connectivity index (χ0) is 30.1. The molecule has 3 aromatic rings. The van der Waals surface area contributed by atoms with Crippen LogP contribution in [0.15, 0.2) is 48.8 Å². The molecule has 2 fully saturated rings. The van der Waals surface area contributed by atoms with Crippen molar-refractivity contribution in [2.24, 2.45) is 0 Å². The minimum Gasteiger partial charge on any atom is -0.462 e. The molecular formula is C32H35ClFN7O2. The second-order valence-electron chi connectivity index (χ2n) is 11.5. The maximum absolute atomic E-state index is 13.8. The van der Waals surface area contributed by atoms with Crippen molar-refractivity contribution < 1.29 is 13.9 Å². The second kappa shape index (κ2) is 12.3. The number of ether oxygens (including phenoxy) is 1. The van der Waals surface area contributed by atoms with Gasteiger partial charge in [0.15, 0.2) is 5.83 Å². The summed E-state index contributed by atoms with van der Waals surface area (Å²) in [7, 11) is 2.11. The highest BCUT2D eigenvalue weighted by atomic mass is 35.5. The second-order valence-corrected chi connectivity index (χ2v) is 11.9. The van der Waals surface area contributed by atoms with E-state index in [1.54, 1.807) is 0 Å². The van der Waals surface area contributed by atoms with Crippen molar-refractivity contribution >= 4 is 39.8 Å². The van der Waals surface area contributed by atoms with Gasteiger partial charge in [0, 0.05) is 48.9 Å². The average Bonchev–Trinajstić information content (AvgIpc) is 3.43. The molecule has 0 spiro atoms. The first kappa shape index (κ1) is 29.1. The number of benzene rings is 2. The average molecular weight is 604 g/mol. The van der Waals surface area contributed by atoms with Gasteiger partial charge in [0.1, 0.15) is 12.4 Å². The minimum absolute atomic E-state index is 0.0792. The van der Waals surface area contributed by atoms with Crippen molar-refractivity contribution in [1.82, 2.24) is 19.8 Å². The number of anilines is 2. The number of hydrogen-bond donors (Lipinski definition) is 0. The number of amides is 1. The number of carbonyl (C=O) groups is 1. The van der Waals surface area contributed by atoms with Crippen LogP contribution in [0.25, 0.3) is 10.8 Å². The van der Waals surface area contributed by atoms with E-state index in [0.29, 0.717) is 49.7 Å². The SMILES string of the molecule is C=C(F)C(=O)N1CCN(c2nc(OCC3CCCN3C)nc3c2CCN(c2cccc4cccc(Cl)c24)C3)CC1CC#N. The number of nitrogens with zero attached hydrogens (tertiary/aromatic N) is 7. The molecule has 0 bridgehead atoms. The molecule has 0 saturated carbocycles. The molecule has 1 aromatic heterocycles. The van der Waals surface area contributed by atoms with E-state index in [9.17, 15) is 14.4 Å². The van der Waals surface area contributed by atoms with E-state index >= 15 is 0 Å². The fourth-order valence-corrected chi connectivity index (χ4v) is 6.85. The number of aromatic nitrogens is 2. The molecule has 224 valence electrons. The van der Waals surface area contributed by atoms with Crippen molar-refractivity contribution in [1.29, 1.82) is 5.26 Å². The lowest BCUT2D eigenvalue weighted by Crippen LogP contribution is -2.55. The Bertz CT molecular complexity index is 1590. The summed E-state index contributed by atoms with van der Waals surface area (Å²) in [5.74, 6) is -1.03. The van der Waals surface area contributed by atoms with E-state index in [2.05, 4.69) is 52.6 Å². The number of likely N-dealkylation sites (N-methyl/N-ethyl adjacent to an activating group) is 1. The Kier molecular flexibility index (Phi) is 8.37. The van der Waals surface area contributed by atoms with E-state index in [1.165, 1.54) is 4.90 Å². The molecule has 1 amide bonds. The van der Waals surface area contributed by atoms with Crippen LogP contribution >= 0.6 is 11.6 Å². The lowest BCUT2D eigenvalue weighted by Gasteiger charge is -2.42. The van der Waals surface area contributed by atoms with E-state index < -0.39 is 17.8 Å². The van der Waals surface area contributed by atoms with Crippen LogP contribution in [0.2, 0.25) is 5.02 Å². The largest absolute Gasteiger partial charge is 0.462 e. The number of carbonyl (C=O) groups excluding carboxylic acids is 1. The summed E-state index contributed by atoms with van der Waals surface area (Å²) in [4.78, 5) is 30.4. The maximum Gasteiger partial charge on any atom is 0.318 e. The minimum atomic E-state index is -1.02. The van der Waals surface area contributed by atoms with Crippen LogP contribution in [0.1, 0.15) is 30.5 Å². The zero-order valence-corrected chi connectivity index (χ0v) is 25.1. The lowest BCUT2D eigenvalue weighted by molar-refractivity contribution is -0.131. The third-order valence-electron chi connectivity index (χ3n) is 8.87. The van der Waals surface area contributed by atoms with Gasteiger partial charge in [0.05, 0.1) is 35.8 Å². The van der Waals surface area contributed by atoms with Gasteiger partial charge in [-0.3, -0.25) is 4.79 Å². The molecule has 3 aliphatic rings. The van der Waals surface area contributed by atoms with Gasteiger partial charge in [-0.2, -0.15) is 15.2 Å². The van der Waals surface area contributed by atoms with E-state index in [1.807, 2.05) is 18.2 Å². The van der Waals surface area contributed by atoms with Crippen LogP contribution in [0, 0.1) is 11.3 Å². The number of rotatable bonds is 7. The Morgan fingerprint density at radius 1 is 1.14 bits per heavy atom. The fraction of sp³-hybridized carbons (Fsp3) is 0.438. The number of fused-ring (bicyclic) bond motifs is 2. The van der Waals surface area contributed by atoms with Gasteiger partial charge in [-0.15, -0.1) is 0 Å². The summed E-state index contributed by atoms with van der Waals surface area (Å²) in [5.41, 5.74) is 2.96. The third kappa shape index (κ3) is 5.84. The summed E-state index contributed by atoms with van der Waals surface area (Å²) in [6, 6.07) is 14.4. The molecule has 2 atom stereocenters. The van der Waals surface area contributed by atoms with Gasteiger partial charge in [0.25, 0.3) is 5.91 Å². The van der Waals surface area contributed by atoms with Crippen LogP contribution in [-0.2, 0) is 17.8 Å². The molecule has 9 nitrogen and oxygen atoms in total. The number of hydrogen-bond acceptors (Lipinski definition) is 8. The summed E-state index contributed by atoms with van der Waals surface area (Å²) in [6.45, 7) is 7.06. The lowest BCUT2D eigenvalue weighted by atomic mass is 10.0. The molecule has 3 aliphatic heterocycles. The number of halogens is 2. The van der Waals surface area contributed by atoms with E-state index in [4.69, 9.17) is 26.3 Å². The van der Waals surface area contributed by atoms with Crippen LogP contribution in [-0.4, -0.2) is 84.1 Å². The van der Waals surface area contributed by atoms with Crippen LogP contribution in [0.3, 0.4) is 0 Å². The summed E-state index contributed by atoms with van der Waals surface area (Å²) in [6.07, 6.45) is 2.98. The molecule has 4 heterocycles. The Labute approximate surface area is 256 Å². The zero-order valence-electron chi connectivity index (χ0n) is 24.3. The van der Waals surface area contributed by atoms with E-state index in [-0.39, 0.29) is 13.0 Å². The van der Waals surface area contributed by atoms with Gasteiger partial charge in [-0.25, -0.2) is 4.39 Å². The van der Waals surface area contributed by atoms with Crippen molar-refractivity contribution in [3.8, 4) is 12.1 Å². The van der Waals surface area contributed by atoms with E-state index in [0.717, 1.165) is 59.5 Å². The summed E-state index contributed by atoms with van der Waals surface area (Å²) in [5, 5.41) is 12.3. The highest BCUT2D eigenvalue weighted by Gasteiger charge is 2.35. The van der Waals surface area contributed by atoms with Crippen molar-refractivity contribution in [3.63, 3.8) is 0 Å². The predicted octanol–water partition coefficient (Wildman–Crippen LogP) is 4.73. The summed E-state index contributed by atoms with van der Waals surface area (Å²) < 4.78 is 20.0. The van der Waals surface area contributed by atoms with Crippen LogP contribution in [0.5, 0.6) is 6.01 Å². The van der Waals surface area contributed by atoms with Gasteiger partial charge in [-0.1, -0.05) is 42.4 Å². The Morgan fingerprint density at radius 2 is 1.95 bits per heavy atom. The van der Waals surface area contributed by atoms with Gasteiger partial charge < -0.3 is 24.3 Å². The molecule has 2 saturated heterocycles. The number of piperazine rings is 1. The molecule has 0 radical (unpaired) electrons. The first-order valence-electron chi connectivity index (χ1n) is 14.8. The monoisotopic (exact) mass is 603 g/mol. The van der Waals surface area contributed by atoms with Gasteiger partial charge in [-0.05, 0) is 50.4 Å². The number of likely N-dealkylation sites (tertiary alicyclic amines) is 1. The molecule has 0 N–H and O–H groups in total. The molecule has 2 aromatic carbocycles. The van der Waals surface area contributed by atoms with Gasteiger partial charge >= 0.3 is 6.01 Å². The normalized spacial score (nSPS) is 20.7. The quantitative estimate of drug-likeness (QED) is 0.358. The third-order valence-corrected chi connectivity index (χ3v) is 9.19.